The third kappa shape index (κ3) is 3.23. The van der Waals surface area contributed by atoms with Gasteiger partial charge in [-0.3, -0.25) is 0 Å². The van der Waals surface area contributed by atoms with Gasteiger partial charge < -0.3 is 15.5 Å². The van der Waals surface area contributed by atoms with E-state index in [-0.39, 0.29) is 0 Å². The molecular formula is C11H23N3. The second kappa shape index (κ2) is 5.10. The molecule has 2 fully saturated rings. The van der Waals surface area contributed by atoms with Gasteiger partial charge in [0.05, 0.1) is 0 Å². The Kier molecular flexibility index (Phi) is 3.79. The van der Waals surface area contributed by atoms with E-state index in [4.69, 9.17) is 5.73 Å². The summed E-state index contributed by atoms with van der Waals surface area (Å²) >= 11 is 0. The zero-order valence-corrected chi connectivity index (χ0v) is 9.12. The van der Waals surface area contributed by atoms with E-state index in [2.05, 4.69) is 9.80 Å². The molecule has 0 aromatic heterocycles. The van der Waals surface area contributed by atoms with Gasteiger partial charge in [0.1, 0.15) is 0 Å². The molecule has 0 aromatic carbocycles. The van der Waals surface area contributed by atoms with E-state index in [0.29, 0.717) is 0 Å². The van der Waals surface area contributed by atoms with E-state index < -0.39 is 0 Å². The number of rotatable bonds is 5. The molecule has 3 heteroatoms. The fraction of sp³-hybridized carbons (Fsp3) is 1.00. The van der Waals surface area contributed by atoms with Crippen LogP contribution in [-0.2, 0) is 0 Å². The molecule has 14 heavy (non-hydrogen) atoms. The van der Waals surface area contributed by atoms with Gasteiger partial charge in [-0.1, -0.05) is 0 Å². The van der Waals surface area contributed by atoms with Crippen molar-refractivity contribution < 1.29 is 0 Å². The van der Waals surface area contributed by atoms with Crippen molar-refractivity contribution in [2.75, 3.05) is 45.8 Å². The molecule has 0 radical (unpaired) electrons. The second-order valence-corrected chi connectivity index (χ2v) is 4.73. The molecule has 1 saturated carbocycles. The maximum atomic E-state index is 5.51. The summed E-state index contributed by atoms with van der Waals surface area (Å²) in [6.07, 6.45) is 4.11. The van der Waals surface area contributed by atoms with Gasteiger partial charge in [0, 0.05) is 32.7 Å². The first-order chi connectivity index (χ1) is 6.88. The number of nitrogens with two attached hydrogens (primary N) is 1. The average Bonchev–Trinajstić information content (AvgIpc) is 3.01. The molecule has 0 bridgehead atoms. The van der Waals surface area contributed by atoms with Crippen LogP contribution in [0.15, 0.2) is 0 Å². The summed E-state index contributed by atoms with van der Waals surface area (Å²) in [5.74, 6) is 1.05. The minimum absolute atomic E-state index is 0.836. The van der Waals surface area contributed by atoms with Gasteiger partial charge in [0.15, 0.2) is 0 Å². The predicted molar refractivity (Wildman–Crippen MR) is 59.3 cm³/mol. The highest BCUT2D eigenvalue weighted by atomic mass is 15.3. The smallest absolute Gasteiger partial charge is 0.0110 e. The van der Waals surface area contributed by atoms with Crippen LogP contribution in [0.2, 0.25) is 0 Å². The highest BCUT2D eigenvalue weighted by Crippen LogP contribution is 2.29. The van der Waals surface area contributed by atoms with E-state index >= 15 is 0 Å². The van der Waals surface area contributed by atoms with Gasteiger partial charge >= 0.3 is 0 Å². The Bertz CT molecular complexity index is 160. The van der Waals surface area contributed by atoms with Crippen molar-refractivity contribution in [1.29, 1.82) is 0 Å². The fourth-order valence-corrected chi connectivity index (χ4v) is 2.18. The lowest BCUT2D eigenvalue weighted by Crippen LogP contribution is -2.47. The monoisotopic (exact) mass is 197 g/mol. The van der Waals surface area contributed by atoms with Crippen molar-refractivity contribution in [1.82, 2.24) is 9.80 Å². The molecule has 1 aliphatic heterocycles. The van der Waals surface area contributed by atoms with E-state index in [9.17, 15) is 0 Å². The van der Waals surface area contributed by atoms with Crippen molar-refractivity contribution in [3.05, 3.63) is 0 Å². The van der Waals surface area contributed by atoms with E-state index in [1.807, 2.05) is 0 Å². The lowest BCUT2D eigenvalue weighted by atomic mass is 10.2. The molecular weight excluding hydrogens is 174 g/mol. The minimum atomic E-state index is 0.836. The Hall–Kier alpha value is -0.120. The molecule has 82 valence electrons. The summed E-state index contributed by atoms with van der Waals surface area (Å²) in [4.78, 5) is 5.19. The largest absolute Gasteiger partial charge is 0.330 e. The maximum Gasteiger partial charge on any atom is 0.0110 e. The summed E-state index contributed by atoms with van der Waals surface area (Å²) in [6.45, 7) is 8.47. The third-order valence-corrected chi connectivity index (χ3v) is 3.36. The highest BCUT2D eigenvalue weighted by molar-refractivity contribution is 4.80. The topological polar surface area (TPSA) is 32.5 Å². The van der Waals surface area contributed by atoms with Crippen LogP contribution in [0.3, 0.4) is 0 Å². The third-order valence-electron chi connectivity index (χ3n) is 3.36. The molecule has 1 heterocycles. The van der Waals surface area contributed by atoms with E-state index in [0.717, 1.165) is 18.9 Å². The molecule has 0 amide bonds. The summed E-state index contributed by atoms with van der Waals surface area (Å²) < 4.78 is 0. The standard InChI is InChI=1S/C11H23N3/c12-4-1-5-13-6-8-14(9-7-13)10-11-2-3-11/h11H,1-10,12H2. The van der Waals surface area contributed by atoms with Gasteiger partial charge in [0.2, 0.25) is 0 Å². The second-order valence-electron chi connectivity index (χ2n) is 4.73. The summed E-state index contributed by atoms with van der Waals surface area (Å²) in [5.41, 5.74) is 5.51. The highest BCUT2D eigenvalue weighted by Gasteiger charge is 2.25. The van der Waals surface area contributed by atoms with E-state index in [1.54, 1.807) is 0 Å². The van der Waals surface area contributed by atoms with Crippen LogP contribution in [0.1, 0.15) is 19.3 Å². The quantitative estimate of drug-likeness (QED) is 0.691. The molecule has 2 rings (SSSR count). The van der Waals surface area contributed by atoms with Crippen molar-refractivity contribution in [3.8, 4) is 0 Å². The van der Waals surface area contributed by atoms with Crippen LogP contribution in [-0.4, -0.2) is 55.6 Å². The predicted octanol–water partition coefficient (Wildman–Crippen LogP) is 0.363. The van der Waals surface area contributed by atoms with Crippen molar-refractivity contribution in [3.63, 3.8) is 0 Å². The summed E-state index contributed by atoms with van der Waals surface area (Å²) in [7, 11) is 0. The SMILES string of the molecule is NCCCN1CCN(CC2CC2)CC1. The normalized spacial score (nSPS) is 25.5. The van der Waals surface area contributed by atoms with Crippen LogP contribution >= 0.6 is 0 Å². The Labute approximate surface area is 87.2 Å². The number of hydrogen-bond donors (Lipinski definition) is 1. The lowest BCUT2D eigenvalue weighted by molar-refractivity contribution is 0.128. The van der Waals surface area contributed by atoms with Gasteiger partial charge in [-0.15, -0.1) is 0 Å². The molecule has 0 spiro atoms. The Balaban J connectivity index is 1.59. The Morgan fingerprint density at radius 3 is 2.21 bits per heavy atom. The fourth-order valence-electron chi connectivity index (χ4n) is 2.18. The molecule has 1 saturated heterocycles. The van der Waals surface area contributed by atoms with Crippen molar-refractivity contribution in [2.45, 2.75) is 19.3 Å². The van der Waals surface area contributed by atoms with Gasteiger partial charge in [-0.25, -0.2) is 0 Å². The first kappa shape index (κ1) is 10.4. The Morgan fingerprint density at radius 1 is 1.00 bits per heavy atom. The first-order valence-electron chi connectivity index (χ1n) is 6.03. The maximum absolute atomic E-state index is 5.51. The van der Waals surface area contributed by atoms with Crippen LogP contribution in [0.4, 0.5) is 0 Å². The molecule has 0 atom stereocenters. The average molecular weight is 197 g/mol. The molecule has 0 aromatic rings. The molecule has 1 aliphatic carbocycles. The minimum Gasteiger partial charge on any atom is -0.330 e. The first-order valence-corrected chi connectivity index (χ1v) is 6.03. The molecule has 2 aliphatic rings. The van der Waals surface area contributed by atoms with Gasteiger partial charge in [-0.05, 0) is 38.3 Å². The number of piperazine rings is 1. The number of nitrogens with zero attached hydrogens (tertiary/aromatic N) is 2. The van der Waals surface area contributed by atoms with Gasteiger partial charge in [-0.2, -0.15) is 0 Å². The Morgan fingerprint density at radius 2 is 1.64 bits per heavy atom. The van der Waals surface area contributed by atoms with Crippen molar-refractivity contribution in [2.24, 2.45) is 11.7 Å². The molecule has 0 unspecified atom stereocenters. The van der Waals surface area contributed by atoms with Crippen LogP contribution < -0.4 is 5.73 Å². The van der Waals surface area contributed by atoms with E-state index in [1.165, 1.54) is 52.1 Å². The van der Waals surface area contributed by atoms with Crippen LogP contribution in [0.5, 0.6) is 0 Å². The number of hydrogen-bond acceptors (Lipinski definition) is 3. The van der Waals surface area contributed by atoms with Crippen LogP contribution in [0, 0.1) is 5.92 Å². The lowest BCUT2D eigenvalue weighted by Gasteiger charge is -2.34. The molecule has 3 nitrogen and oxygen atoms in total. The summed E-state index contributed by atoms with van der Waals surface area (Å²) in [6, 6.07) is 0. The summed E-state index contributed by atoms with van der Waals surface area (Å²) in [5, 5.41) is 0. The van der Waals surface area contributed by atoms with Crippen molar-refractivity contribution >= 4 is 0 Å². The molecule has 2 N–H and O–H groups in total. The zero-order chi connectivity index (χ0) is 9.80. The van der Waals surface area contributed by atoms with Crippen LogP contribution in [0.25, 0.3) is 0 Å². The zero-order valence-electron chi connectivity index (χ0n) is 9.12. The van der Waals surface area contributed by atoms with Gasteiger partial charge in [0.25, 0.3) is 0 Å².